The van der Waals surface area contributed by atoms with Crippen LogP contribution in [0.2, 0.25) is 0 Å². The average molecular weight is 198 g/mol. The lowest BCUT2D eigenvalue weighted by molar-refractivity contribution is 0.0835. The zero-order chi connectivity index (χ0) is 10.2. The van der Waals surface area contributed by atoms with Gasteiger partial charge in [-0.25, -0.2) is 0 Å². The normalized spacial score (nSPS) is 43.1. The average Bonchev–Trinajstić information content (AvgIpc) is 2.84. The maximum atomic E-state index is 5.71. The second-order valence-corrected chi connectivity index (χ2v) is 5.09. The molecule has 2 nitrogen and oxygen atoms in total. The van der Waals surface area contributed by atoms with E-state index in [0.717, 1.165) is 19.1 Å². The molecule has 1 saturated heterocycles. The van der Waals surface area contributed by atoms with Crippen LogP contribution in [-0.2, 0) is 9.47 Å². The van der Waals surface area contributed by atoms with Crippen LogP contribution in [0.4, 0.5) is 0 Å². The van der Waals surface area contributed by atoms with Gasteiger partial charge >= 0.3 is 0 Å². The molecule has 1 heterocycles. The van der Waals surface area contributed by atoms with E-state index in [1.165, 1.54) is 19.3 Å². The van der Waals surface area contributed by atoms with Crippen molar-refractivity contribution in [3.05, 3.63) is 0 Å². The zero-order valence-electron chi connectivity index (χ0n) is 9.58. The largest absolute Gasteiger partial charge is 0.381 e. The highest BCUT2D eigenvalue weighted by atomic mass is 16.6. The Balaban J connectivity index is 1.76. The van der Waals surface area contributed by atoms with Gasteiger partial charge in [-0.05, 0) is 44.9 Å². The highest BCUT2D eigenvalue weighted by Crippen LogP contribution is 2.50. The molecule has 4 unspecified atom stereocenters. The predicted molar refractivity (Wildman–Crippen MR) is 56.3 cm³/mol. The van der Waals surface area contributed by atoms with Gasteiger partial charge in [-0.15, -0.1) is 0 Å². The van der Waals surface area contributed by atoms with Crippen molar-refractivity contribution in [2.45, 2.75) is 51.7 Å². The first-order valence-electron chi connectivity index (χ1n) is 5.91. The van der Waals surface area contributed by atoms with Gasteiger partial charge in [0, 0.05) is 13.2 Å². The first-order chi connectivity index (χ1) is 6.65. The van der Waals surface area contributed by atoms with Gasteiger partial charge in [0.05, 0.1) is 11.7 Å². The van der Waals surface area contributed by atoms with Crippen LogP contribution in [0.3, 0.4) is 0 Å². The van der Waals surface area contributed by atoms with E-state index < -0.39 is 0 Å². The molecule has 14 heavy (non-hydrogen) atoms. The van der Waals surface area contributed by atoms with E-state index in [9.17, 15) is 0 Å². The number of hydrogen-bond acceptors (Lipinski definition) is 2. The molecule has 1 saturated carbocycles. The molecule has 2 heteroatoms. The summed E-state index contributed by atoms with van der Waals surface area (Å²) in [4.78, 5) is 0. The lowest BCUT2D eigenvalue weighted by Gasteiger charge is -2.27. The molecule has 2 aliphatic rings. The molecule has 82 valence electrons. The van der Waals surface area contributed by atoms with Crippen LogP contribution in [-0.4, -0.2) is 24.9 Å². The van der Waals surface area contributed by atoms with E-state index in [-0.39, 0.29) is 5.60 Å². The summed E-state index contributed by atoms with van der Waals surface area (Å²) in [6.07, 6.45) is 4.38. The molecule has 1 aliphatic heterocycles. The van der Waals surface area contributed by atoms with E-state index in [1.54, 1.807) is 0 Å². The molecule has 4 atom stereocenters. The fourth-order valence-corrected chi connectivity index (χ4v) is 2.63. The Morgan fingerprint density at radius 2 is 2.36 bits per heavy atom. The highest BCUT2D eigenvalue weighted by molar-refractivity contribution is 5.03. The molecule has 2 fully saturated rings. The zero-order valence-corrected chi connectivity index (χ0v) is 9.58. The summed E-state index contributed by atoms with van der Waals surface area (Å²) >= 11 is 0. The molecule has 0 aromatic heterocycles. The summed E-state index contributed by atoms with van der Waals surface area (Å²) < 4.78 is 11.2. The monoisotopic (exact) mass is 198 g/mol. The highest BCUT2D eigenvalue weighted by Gasteiger charge is 2.55. The van der Waals surface area contributed by atoms with Gasteiger partial charge < -0.3 is 9.47 Å². The third-order valence-electron chi connectivity index (χ3n) is 3.95. The summed E-state index contributed by atoms with van der Waals surface area (Å²) in [7, 11) is 0. The van der Waals surface area contributed by atoms with Gasteiger partial charge in [-0.1, -0.05) is 6.92 Å². The SMILES string of the molecule is CCOCC(C)C1CCC2(C)OC2C1. The number of ether oxygens (including phenoxy) is 2. The van der Waals surface area contributed by atoms with Crippen molar-refractivity contribution in [3.63, 3.8) is 0 Å². The van der Waals surface area contributed by atoms with Crippen molar-refractivity contribution >= 4 is 0 Å². The maximum absolute atomic E-state index is 5.71. The van der Waals surface area contributed by atoms with Crippen molar-refractivity contribution in [2.75, 3.05) is 13.2 Å². The van der Waals surface area contributed by atoms with Crippen molar-refractivity contribution in [3.8, 4) is 0 Å². The fourth-order valence-electron chi connectivity index (χ4n) is 2.63. The second kappa shape index (κ2) is 3.82. The maximum Gasteiger partial charge on any atom is 0.0920 e. The first kappa shape index (κ1) is 10.4. The molecule has 0 aromatic carbocycles. The standard InChI is InChI=1S/C12H22O2/c1-4-13-8-9(2)10-5-6-12(3)11(7-10)14-12/h9-11H,4-8H2,1-3H3. The lowest BCUT2D eigenvalue weighted by atomic mass is 9.77. The molecule has 1 aliphatic carbocycles. The van der Waals surface area contributed by atoms with Gasteiger partial charge in [0.2, 0.25) is 0 Å². The summed E-state index contributed by atoms with van der Waals surface area (Å²) in [5, 5.41) is 0. The molecular weight excluding hydrogens is 176 g/mol. The van der Waals surface area contributed by atoms with Gasteiger partial charge in [0.1, 0.15) is 0 Å². The molecule has 0 aromatic rings. The molecule has 0 bridgehead atoms. The lowest BCUT2D eigenvalue weighted by Crippen LogP contribution is -2.27. The number of hydrogen-bond donors (Lipinski definition) is 0. The van der Waals surface area contributed by atoms with E-state index in [0.29, 0.717) is 12.0 Å². The van der Waals surface area contributed by atoms with Crippen molar-refractivity contribution < 1.29 is 9.47 Å². The Morgan fingerprint density at radius 1 is 1.57 bits per heavy atom. The van der Waals surface area contributed by atoms with Crippen LogP contribution in [0, 0.1) is 11.8 Å². The molecular formula is C12H22O2. The quantitative estimate of drug-likeness (QED) is 0.648. The summed E-state index contributed by atoms with van der Waals surface area (Å²) in [5.74, 6) is 1.52. The Bertz CT molecular complexity index is 204. The van der Waals surface area contributed by atoms with Crippen LogP contribution in [0.1, 0.15) is 40.0 Å². The summed E-state index contributed by atoms with van der Waals surface area (Å²) in [6.45, 7) is 8.39. The second-order valence-electron chi connectivity index (χ2n) is 5.09. The molecule has 0 amide bonds. The molecule has 0 N–H and O–H groups in total. The smallest absolute Gasteiger partial charge is 0.0920 e. The van der Waals surface area contributed by atoms with E-state index in [4.69, 9.17) is 9.47 Å². The van der Waals surface area contributed by atoms with E-state index in [2.05, 4.69) is 20.8 Å². The minimum atomic E-state index is 0.266. The summed E-state index contributed by atoms with van der Waals surface area (Å²) in [5.41, 5.74) is 0.266. The number of fused-ring (bicyclic) bond motifs is 1. The topological polar surface area (TPSA) is 21.8 Å². The Labute approximate surface area is 87.0 Å². The van der Waals surface area contributed by atoms with Crippen molar-refractivity contribution in [1.29, 1.82) is 0 Å². The minimum absolute atomic E-state index is 0.266. The summed E-state index contributed by atoms with van der Waals surface area (Å²) in [6, 6.07) is 0. The Kier molecular flexibility index (Phi) is 2.85. The van der Waals surface area contributed by atoms with E-state index >= 15 is 0 Å². The third-order valence-corrected chi connectivity index (χ3v) is 3.95. The van der Waals surface area contributed by atoms with Crippen LogP contribution in [0.5, 0.6) is 0 Å². The molecule has 0 spiro atoms. The van der Waals surface area contributed by atoms with Crippen LogP contribution >= 0.6 is 0 Å². The Hall–Kier alpha value is -0.0800. The van der Waals surface area contributed by atoms with Crippen molar-refractivity contribution in [2.24, 2.45) is 11.8 Å². The molecule has 0 radical (unpaired) electrons. The van der Waals surface area contributed by atoms with Gasteiger partial charge in [0.25, 0.3) is 0 Å². The third kappa shape index (κ3) is 1.96. The van der Waals surface area contributed by atoms with Crippen LogP contribution < -0.4 is 0 Å². The van der Waals surface area contributed by atoms with Crippen LogP contribution in [0.25, 0.3) is 0 Å². The van der Waals surface area contributed by atoms with E-state index in [1.807, 2.05) is 0 Å². The van der Waals surface area contributed by atoms with Gasteiger partial charge in [0.15, 0.2) is 0 Å². The first-order valence-corrected chi connectivity index (χ1v) is 5.91. The van der Waals surface area contributed by atoms with Crippen LogP contribution in [0.15, 0.2) is 0 Å². The fraction of sp³-hybridized carbons (Fsp3) is 1.00. The van der Waals surface area contributed by atoms with Gasteiger partial charge in [-0.2, -0.15) is 0 Å². The molecule has 2 rings (SSSR count). The number of epoxide rings is 1. The number of rotatable bonds is 4. The van der Waals surface area contributed by atoms with Gasteiger partial charge in [-0.3, -0.25) is 0 Å². The Morgan fingerprint density at radius 3 is 3.00 bits per heavy atom. The predicted octanol–water partition coefficient (Wildman–Crippen LogP) is 2.62. The minimum Gasteiger partial charge on any atom is -0.381 e. The van der Waals surface area contributed by atoms with Crippen molar-refractivity contribution in [1.82, 2.24) is 0 Å².